The Bertz CT molecular complexity index is 818. The van der Waals surface area contributed by atoms with E-state index in [-0.39, 0.29) is 17.9 Å². The lowest BCUT2D eigenvalue weighted by Gasteiger charge is -2.31. The number of hydrogen-bond acceptors (Lipinski definition) is 4. The number of carbonyl (C=O) groups is 2. The Morgan fingerprint density at radius 2 is 2.00 bits per heavy atom. The molecule has 0 N–H and O–H groups in total. The van der Waals surface area contributed by atoms with E-state index in [1.807, 2.05) is 31.7 Å². The Balaban J connectivity index is 2.04. The Kier molecular flexibility index (Phi) is 4.26. The van der Waals surface area contributed by atoms with Crippen LogP contribution in [0.1, 0.15) is 55.7 Å². The summed E-state index contributed by atoms with van der Waals surface area (Å²) in [7, 11) is 3.41. The van der Waals surface area contributed by atoms with Gasteiger partial charge in [0.2, 0.25) is 5.91 Å². The van der Waals surface area contributed by atoms with Crippen LogP contribution in [-0.2, 0) is 4.79 Å². The van der Waals surface area contributed by atoms with E-state index in [0.29, 0.717) is 11.2 Å². The number of likely N-dealkylation sites (tertiary alicyclic amines) is 1. The molecule has 0 bridgehead atoms. The molecule has 25 heavy (non-hydrogen) atoms. The van der Waals surface area contributed by atoms with Crippen LogP contribution in [0.3, 0.4) is 0 Å². The lowest BCUT2D eigenvalue weighted by molar-refractivity contribution is -0.140. The first kappa shape index (κ1) is 17.4. The fourth-order valence-electron chi connectivity index (χ4n) is 3.30. The molecule has 0 saturated carbocycles. The van der Waals surface area contributed by atoms with Gasteiger partial charge in [-0.05, 0) is 18.9 Å². The summed E-state index contributed by atoms with van der Waals surface area (Å²) in [4.78, 5) is 32.9. The minimum absolute atomic E-state index is 0.0422. The molecule has 0 radical (unpaired) electrons. The third-order valence-electron chi connectivity index (χ3n) is 4.56. The van der Waals surface area contributed by atoms with E-state index in [4.69, 9.17) is 0 Å². The van der Waals surface area contributed by atoms with Gasteiger partial charge in [0.1, 0.15) is 5.56 Å². The maximum absolute atomic E-state index is 12.8. The van der Waals surface area contributed by atoms with Crippen LogP contribution >= 0.6 is 0 Å². The molecule has 3 rings (SSSR count). The van der Waals surface area contributed by atoms with Gasteiger partial charge in [0.15, 0.2) is 5.65 Å². The predicted octanol–water partition coefficient (Wildman–Crippen LogP) is 2.14. The standard InChI is InChI=1S/C18H25N5O2/c1-18(2,3)17(25)22-10-6-7-13(22)14-8-9-19-15-12(11-20-23(14)15)16(24)21(4)5/h8-9,11,13H,6-7,10H2,1-5H3. The molecule has 2 aromatic heterocycles. The minimum Gasteiger partial charge on any atom is -0.345 e. The SMILES string of the molecule is CN(C)C(=O)c1cnn2c(C3CCCN3C(=O)C(C)(C)C)ccnc12. The maximum atomic E-state index is 12.8. The van der Waals surface area contributed by atoms with Crippen molar-refractivity contribution >= 4 is 17.5 Å². The topological polar surface area (TPSA) is 70.8 Å². The van der Waals surface area contributed by atoms with Gasteiger partial charge in [-0.3, -0.25) is 9.59 Å². The first-order chi connectivity index (χ1) is 11.7. The summed E-state index contributed by atoms with van der Waals surface area (Å²) in [6.07, 6.45) is 5.09. The van der Waals surface area contributed by atoms with Gasteiger partial charge in [0.25, 0.3) is 5.91 Å². The van der Waals surface area contributed by atoms with Gasteiger partial charge < -0.3 is 9.80 Å². The molecule has 2 amide bonds. The number of hydrogen-bond donors (Lipinski definition) is 0. The van der Waals surface area contributed by atoms with Crippen LogP contribution in [0, 0.1) is 5.41 Å². The Labute approximate surface area is 147 Å². The van der Waals surface area contributed by atoms with Crippen molar-refractivity contribution in [3.05, 3.63) is 29.7 Å². The van der Waals surface area contributed by atoms with Gasteiger partial charge >= 0.3 is 0 Å². The van der Waals surface area contributed by atoms with Crippen LogP contribution < -0.4 is 0 Å². The highest BCUT2D eigenvalue weighted by Crippen LogP contribution is 2.35. The van der Waals surface area contributed by atoms with Gasteiger partial charge in [0, 0.05) is 32.3 Å². The average molecular weight is 343 g/mol. The summed E-state index contributed by atoms with van der Waals surface area (Å²) in [6.45, 7) is 6.56. The first-order valence-corrected chi connectivity index (χ1v) is 8.57. The smallest absolute Gasteiger partial charge is 0.258 e. The van der Waals surface area contributed by atoms with Gasteiger partial charge in [-0.15, -0.1) is 0 Å². The maximum Gasteiger partial charge on any atom is 0.258 e. The van der Waals surface area contributed by atoms with Crippen molar-refractivity contribution in [2.24, 2.45) is 5.41 Å². The van der Waals surface area contributed by atoms with Crippen molar-refractivity contribution in [1.82, 2.24) is 24.4 Å². The van der Waals surface area contributed by atoms with Crippen LogP contribution in [0.2, 0.25) is 0 Å². The summed E-state index contributed by atoms with van der Waals surface area (Å²) in [5.74, 6) is 0.00501. The summed E-state index contributed by atoms with van der Waals surface area (Å²) >= 11 is 0. The zero-order valence-corrected chi connectivity index (χ0v) is 15.5. The van der Waals surface area contributed by atoms with E-state index in [1.54, 1.807) is 31.0 Å². The number of fused-ring (bicyclic) bond motifs is 1. The van der Waals surface area contributed by atoms with E-state index < -0.39 is 5.41 Å². The lowest BCUT2D eigenvalue weighted by atomic mass is 9.94. The molecule has 7 heteroatoms. The molecule has 1 aliphatic heterocycles. The highest BCUT2D eigenvalue weighted by atomic mass is 16.2. The molecule has 0 spiro atoms. The Hall–Kier alpha value is -2.44. The third kappa shape index (κ3) is 2.99. The zero-order valence-electron chi connectivity index (χ0n) is 15.5. The summed E-state index contributed by atoms with van der Waals surface area (Å²) in [6, 6.07) is 1.85. The van der Waals surface area contributed by atoms with Crippen molar-refractivity contribution in [3.63, 3.8) is 0 Å². The molecular weight excluding hydrogens is 318 g/mol. The zero-order chi connectivity index (χ0) is 18.4. The van der Waals surface area contributed by atoms with Crippen LogP contribution in [0.15, 0.2) is 18.5 Å². The van der Waals surface area contributed by atoms with Crippen LogP contribution in [0.25, 0.3) is 5.65 Å². The second-order valence-electron chi connectivity index (χ2n) is 7.77. The molecule has 7 nitrogen and oxygen atoms in total. The molecule has 0 aliphatic carbocycles. The molecular formula is C18H25N5O2. The summed E-state index contributed by atoms with van der Waals surface area (Å²) in [5, 5.41) is 4.39. The van der Waals surface area contributed by atoms with Gasteiger partial charge in [-0.2, -0.15) is 5.10 Å². The second kappa shape index (κ2) is 6.13. The van der Waals surface area contributed by atoms with Gasteiger partial charge in [-0.25, -0.2) is 9.50 Å². The predicted molar refractivity (Wildman–Crippen MR) is 94.1 cm³/mol. The molecule has 2 aromatic rings. The Morgan fingerprint density at radius 1 is 1.28 bits per heavy atom. The quantitative estimate of drug-likeness (QED) is 0.838. The van der Waals surface area contributed by atoms with Crippen LogP contribution in [-0.4, -0.2) is 56.9 Å². The van der Waals surface area contributed by atoms with Gasteiger partial charge in [0.05, 0.1) is 17.9 Å². The van der Waals surface area contributed by atoms with Crippen molar-refractivity contribution in [3.8, 4) is 0 Å². The van der Waals surface area contributed by atoms with Crippen molar-refractivity contribution in [2.75, 3.05) is 20.6 Å². The number of carbonyl (C=O) groups excluding carboxylic acids is 2. The molecule has 3 heterocycles. The summed E-state index contributed by atoms with van der Waals surface area (Å²) in [5.41, 5.74) is 1.48. The molecule has 1 atom stereocenters. The van der Waals surface area contributed by atoms with E-state index in [9.17, 15) is 9.59 Å². The highest BCUT2D eigenvalue weighted by Gasteiger charge is 2.37. The van der Waals surface area contributed by atoms with E-state index in [0.717, 1.165) is 25.1 Å². The first-order valence-electron chi connectivity index (χ1n) is 8.57. The third-order valence-corrected chi connectivity index (χ3v) is 4.56. The van der Waals surface area contributed by atoms with Gasteiger partial charge in [-0.1, -0.05) is 20.8 Å². The summed E-state index contributed by atoms with van der Waals surface area (Å²) < 4.78 is 1.70. The van der Waals surface area contributed by atoms with E-state index in [2.05, 4.69) is 10.1 Å². The second-order valence-corrected chi connectivity index (χ2v) is 7.77. The molecule has 1 unspecified atom stereocenters. The Morgan fingerprint density at radius 3 is 2.64 bits per heavy atom. The number of aromatic nitrogens is 3. The largest absolute Gasteiger partial charge is 0.345 e. The molecule has 0 aromatic carbocycles. The molecule has 1 aliphatic rings. The van der Waals surface area contributed by atoms with Crippen LogP contribution in [0.4, 0.5) is 0 Å². The normalized spacial score (nSPS) is 18.0. The van der Waals surface area contributed by atoms with Crippen molar-refractivity contribution in [2.45, 2.75) is 39.7 Å². The molecule has 134 valence electrons. The van der Waals surface area contributed by atoms with Crippen molar-refractivity contribution in [1.29, 1.82) is 0 Å². The fourth-order valence-corrected chi connectivity index (χ4v) is 3.30. The minimum atomic E-state index is -0.426. The monoisotopic (exact) mass is 343 g/mol. The van der Waals surface area contributed by atoms with Crippen LogP contribution in [0.5, 0.6) is 0 Å². The van der Waals surface area contributed by atoms with E-state index in [1.165, 1.54) is 4.90 Å². The number of nitrogens with zero attached hydrogens (tertiary/aromatic N) is 5. The number of rotatable bonds is 2. The average Bonchev–Trinajstić information content (AvgIpc) is 3.18. The van der Waals surface area contributed by atoms with Crippen molar-refractivity contribution < 1.29 is 9.59 Å². The molecule has 1 fully saturated rings. The fraction of sp³-hybridized carbons (Fsp3) is 0.556. The number of amides is 2. The molecule has 1 saturated heterocycles. The highest BCUT2D eigenvalue weighted by molar-refractivity contribution is 5.99. The van der Waals surface area contributed by atoms with E-state index >= 15 is 0 Å². The lowest BCUT2D eigenvalue weighted by Crippen LogP contribution is -2.39.